The SMILES string of the molecule is CCC(C)(C)C1CCC(N2CCN(Cc3nc(NCCCN(C)C)c4ccccc4n3)CC2)CC1. The van der Waals surface area contributed by atoms with Gasteiger partial charge in [0.15, 0.2) is 0 Å². The molecule has 0 radical (unpaired) electrons. The molecule has 35 heavy (non-hydrogen) atoms. The number of para-hydroxylation sites is 1. The van der Waals surface area contributed by atoms with E-state index in [-0.39, 0.29) is 0 Å². The van der Waals surface area contributed by atoms with Gasteiger partial charge < -0.3 is 10.2 Å². The zero-order valence-corrected chi connectivity index (χ0v) is 22.9. The standard InChI is InChI=1S/C29H48N6/c1-6-29(2,3)23-12-14-24(15-13-23)35-20-18-34(19-21-35)22-27-31-26-11-8-7-10-25(26)28(32-27)30-16-9-17-33(4)5/h7-8,10-11,23-24H,6,9,12-22H2,1-5H3,(H,30,31,32). The van der Waals surface area contributed by atoms with Gasteiger partial charge in [-0.15, -0.1) is 0 Å². The number of anilines is 1. The molecule has 6 nitrogen and oxygen atoms in total. The Bertz CT molecular complexity index is 926. The van der Waals surface area contributed by atoms with Gasteiger partial charge in [0.1, 0.15) is 11.6 Å². The largest absolute Gasteiger partial charge is 0.369 e. The zero-order valence-electron chi connectivity index (χ0n) is 22.9. The number of nitrogens with zero attached hydrogens (tertiary/aromatic N) is 5. The Labute approximate surface area is 213 Å². The third-order valence-corrected chi connectivity index (χ3v) is 8.73. The normalized spacial score (nSPS) is 22.7. The van der Waals surface area contributed by atoms with Crippen molar-refractivity contribution in [1.82, 2.24) is 24.7 Å². The van der Waals surface area contributed by atoms with E-state index in [1.807, 2.05) is 0 Å². The maximum atomic E-state index is 4.97. The van der Waals surface area contributed by atoms with E-state index in [4.69, 9.17) is 9.97 Å². The predicted molar refractivity (Wildman–Crippen MR) is 148 cm³/mol. The summed E-state index contributed by atoms with van der Waals surface area (Å²) in [6, 6.07) is 9.18. The van der Waals surface area contributed by atoms with Crippen LogP contribution in [0.5, 0.6) is 0 Å². The second kappa shape index (κ2) is 12.0. The molecule has 0 spiro atoms. The summed E-state index contributed by atoms with van der Waals surface area (Å²) in [5.74, 6) is 2.82. The van der Waals surface area contributed by atoms with Crippen molar-refractivity contribution in [2.75, 3.05) is 58.7 Å². The smallest absolute Gasteiger partial charge is 0.145 e. The van der Waals surface area contributed by atoms with E-state index in [1.165, 1.54) is 45.2 Å². The molecule has 1 aliphatic heterocycles. The van der Waals surface area contributed by atoms with Gasteiger partial charge in [-0.3, -0.25) is 9.80 Å². The highest BCUT2D eigenvalue weighted by Crippen LogP contribution is 2.41. The summed E-state index contributed by atoms with van der Waals surface area (Å²) < 4.78 is 0. The first-order chi connectivity index (χ1) is 16.9. The van der Waals surface area contributed by atoms with E-state index in [9.17, 15) is 0 Å². The maximum Gasteiger partial charge on any atom is 0.145 e. The molecule has 1 aliphatic carbocycles. The number of nitrogens with one attached hydrogen (secondary N) is 1. The van der Waals surface area contributed by atoms with Gasteiger partial charge in [-0.2, -0.15) is 0 Å². The summed E-state index contributed by atoms with van der Waals surface area (Å²) in [7, 11) is 4.24. The van der Waals surface area contributed by atoms with Crippen molar-refractivity contribution in [2.24, 2.45) is 11.3 Å². The zero-order chi connectivity index (χ0) is 24.8. The van der Waals surface area contributed by atoms with Crippen molar-refractivity contribution in [3.8, 4) is 0 Å². The monoisotopic (exact) mass is 480 g/mol. The van der Waals surface area contributed by atoms with E-state index in [1.54, 1.807) is 0 Å². The Morgan fingerprint density at radius 2 is 1.71 bits per heavy atom. The van der Waals surface area contributed by atoms with Crippen molar-refractivity contribution >= 4 is 16.7 Å². The molecule has 2 aromatic rings. The minimum Gasteiger partial charge on any atom is -0.369 e. The van der Waals surface area contributed by atoms with E-state index < -0.39 is 0 Å². The molecule has 6 heteroatoms. The summed E-state index contributed by atoms with van der Waals surface area (Å²) in [6.07, 6.45) is 7.96. The molecule has 1 N–H and O–H groups in total. The third-order valence-electron chi connectivity index (χ3n) is 8.73. The maximum absolute atomic E-state index is 4.97. The van der Waals surface area contributed by atoms with Crippen LogP contribution in [0, 0.1) is 11.3 Å². The Morgan fingerprint density at radius 1 is 1.00 bits per heavy atom. The summed E-state index contributed by atoms with van der Waals surface area (Å²) in [5, 5.41) is 4.70. The second-order valence-corrected chi connectivity index (χ2v) is 11.7. The highest BCUT2D eigenvalue weighted by Gasteiger charge is 2.34. The number of aromatic nitrogens is 2. The molecule has 2 heterocycles. The van der Waals surface area contributed by atoms with Gasteiger partial charge in [0.2, 0.25) is 0 Å². The van der Waals surface area contributed by atoms with Crippen LogP contribution in [0.4, 0.5) is 5.82 Å². The summed E-state index contributed by atoms with van der Waals surface area (Å²) >= 11 is 0. The van der Waals surface area contributed by atoms with Crippen LogP contribution in [0.25, 0.3) is 10.9 Å². The predicted octanol–water partition coefficient (Wildman–Crippen LogP) is 5.11. The minimum absolute atomic E-state index is 0.504. The van der Waals surface area contributed by atoms with Crippen LogP contribution in [0.1, 0.15) is 65.1 Å². The fourth-order valence-electron chi connectivity index (χ4n) is 5.93. The van der Waals surface area contributed by atoms with Crippen molar-refractivity contribution in [3.63, 3.8) is 0 Å². The van der Waals surface area contributed by atoms with Crippen LogP contribution < -0.4 is 5.32 Å². The van der Waals surface area contributed by atoms with E-state index in [0.717, 1.165) is 73.6 Å². The molecule has 0 bridgehead atoms. The lowest BCUT2D eigenvalue weighted by atomic mass is 9.68. The van der Waals surface area contributed by atoms with Crippen LogP contribution in [-0.4, -0.2) is 84.1 Å². The summed E-state index contributed by atoms with van der Waals surface area (Å²) in [6.45, 7) is 14.7. The highest BCUT2D eigenvalue weighted by atomic mass is 15.3. The fourth-order valence-corrected chi connectivity index (χ4v) is 5.93. The Morgan fingerprint density at radius 3 is 2.40 bits per heavy atom. The van der Waals surface area contributed by atoms with Gasteiger partial charge >= 0.3 is 0 Å². The van der Waals surface area contributed by atoms with Crippen LogP contribution in [0.2, 0.25) is 0 Å². The topological polar surface area (TPSA) is 47.5 Å². The van der Waals surface area contributed by atoms with Crippen LogP contribution in [0.15, 0.2) is 24.3 Å². The average Bonchev–Trinajstić information content (AvgIpc) is 2.87. The Hall–Kier alpha value is -1.76. The summed E-state index contributed by atoms with van der Waals surface area (Å²) in [4.78, 5) is 17.4. The fraction of sp³-hybridized carbons (Fsp3) is 0.724. The lowest BCUT2D eigenvalue weighted by Gasteiger charge is -2.44. The molecule has 0 atom stereocenters. The number of hydrogen-bond acceptors (Lipinski definition) is 6. The number of rotatable bonds is 10. The quantitative estimate of drug-likeness (QED) is 0.477. The Kier molecular flexibility index (Phi) is 9.01. The van der Waals surface area contributed by atoms with Gasteiger partial charge in [0.25, 0.3) is 0 Å². The first-order valence-corrected chi connectivity index (χ1v) is 14.0. The van der Waals surface area contributed by atoms with Crippen molar-refractivity contribution < 1.29 is 0 Å². The molecule has 1 saturated heterocycles. The second-order valence-electron chi connectivity index (χ2n) is 11.7. The van der Waals surface area contributed by atoms with Gasteiger partial charge in [-0.05, 0) is 76.2 Å². The first-order valence-electron chi connectivity index (χ1n) is 14.0. The van der Waals surface area contributed by atoms with Gasteiger partial charge in [-0.1, -0.05) is 39.3 Å². The molecule has 1 saturated carbocycles. The lowest BCUT2D eigenvalue weighted by molar-refractivity contribution is 0.0470. The molecule has 4 rings (SSSR count). The molecular formula is C29H48N6. The molecule has 2 aliphatic rings. The van der Waals surface area contributed by atoms with Crippen LogP contribution in [0.3, 0.4) is 0 Å². The van der Waals surface area contributed by atoms with Gasteiger partial charge in [0.05, 0.1) is 12.1 Å². The van der Waals surface area contributed by atoms with Crippen LogP contribution in [-0.2, 0) is 6.54 Å². The Balaban J connectivity index is 1.31. The minimum atomic E-state index is 0.504. The molecule has 194 valence electrons. The average molecular weight is 481 g/mol. The molecular weight excluding hydrogens is 432 g/mol. The third kappa shape index (κ3) is 6.93. The molecule has 1 aromatic heterocycles. The number of fused-ring (bicyclic) bond motifs is 1. The van der Waals surface area contributed by atoms with Crippen LogP contribution >= 0.6 is 0 Å². The van der Waals surface area contributed by atoms with Crippen molar-refractivity contribution in [1.29, 1.82) is 0 Å². The number of hydrogen-bond donors (Lipinski definition) is 1. The number of benzene rings is 1. The van der Waals surface area contributed by atoms with Gasteiger partial charge in [-0.25, -0.2) is 9.97 Å². The lowest BCUT2D eigenvalue weighted by Crippen LogP contribution is -2.51. The van der Waals surface area contributed by atoms with Gasteiger partial charge in [0, 0.05) is 44.2 Å². The molecule has 0 amide bonds. The van der Waals surface area contributed by atoms with E-state index in [2.05, 4.69) is 79.1 Å². The van der Waals surface area contributed by atoms with Crippen molar-refractivity contribution in [2.45, 2.75) is 71.9 Å². The number of piperazine rings is 1. The van der Waals surface area contributed by atoms with E-state index >= 15 is 0 Å². The first kappa shape index (κ1) is 26.3. The molecule has 0 unspecified atom stereocenters. The van der Waals surface area contributed by atoms with Crippen molar-refractivity contribution in [3.05, 3.63) is 30.1 Å². The summed E-state index contributed by atoms with van der Waals surface area (Å²) in [5.41, 5.74) is 1.54. The highest BCUT2D eigenvalue weighted by molar-refractivity contribution is 5.88. The van der Waals surface area contributed by atoms with E-state index in [0.29, 0.717) is 5.41 Å². The molecule has 1 aromatic carbocycles. The molecule has 2 fully saturated rings.